The molecule has 3 heterocycles. The normalized spacial score (nSPS) is 21.9. The van der Waals surface area contributed by atoms with Gasteiger partial charge in [-0.25, -0.2) is 0 Å². The molecule has 4 heteroatoms. The number of hydrogen-bond donors (Lipinski definition) is 0. The molecule has 0 aliphatic carbocycles. The van der Waals surface area contributed by atoms with E-state index in [9.17, 15) is 0 Å². The molecule has 0 N–H and O–H groups in total. The van der Waals surface area contributed by atoms with Crippen molar-refractivity contribution in [2.24, 2.45) is 0 Å². The fourth-order valence-corrected chi connectivity index (χ4v) is 2.48. The minimum atomic E-state index is 0.632. The van der Waals surface area contributed by atoms with Crippen LogP contribution in [0.1, 0.15) is 18.7 Å². The first-order valence-corrected chi connectivity index (χ1v) is 5.83. The minimum absolute atomic E-state index is 0.632. The lowest BCUT2D eigenvalue weighted by molar-refractivity contribution is 0.305. The zero-order valence-corrected chi connectivity index (χ0v) is 9.50. The maximum Gasteiger partial charge on any atom is 0.160 e. The van der Waals surface area contributed by atoms with Crippen LogP contribution in [0.15, 0.2) is 24.4 Å². The third kappa shape index (κ3) is 1.59. The van der Waals surface area contributed by atoms with Gasteiger partial charge in [0.1, 0.15) is 5.82 Å². The number of rotatable bonds is 2. The SMILES string of the molecule is CN1CCCC1Cc1nnc2ccccn12. The van der Waals surface area contributed by atoms with Crippen LogP contribution in [-0.4, -0.2) is 39.1 Å². The number of likely N-dealkylation sites (tertiary alicyclic amines) is 1. The molecule has 1 aliphatic rings. The summed E-state index contributed by atoms with van der Waals surface area (Å²) in [6.45, 7) is 1.21. The van der Waals surface area contributed by atoms with E-state index in [0.717, 1.165) is 17.9 Å². The second-order valence-corrected chi connectivity index (χ2v) is 4.53. The van der Waals surface area contributed by atoms with Gasteiger partial charge >= 0.3 is 0 Å². The Bertz CT molecular complexity index is 490. The summed E-state index contributed by atoms with van der Waals surface area (Å²) < 4.78 is 2.09. The van der Waals surface area contributed by atoms with E-state index in [-0.39, 0.29) is 0 Å². The molecule has 0 bridgehead atoms. The van der Waals surface area contributed by atoms with Gasteiger partial charge in [0, 0.05) is 18.7 Å². The second kappa shape index (κ2) is 3.87. The van der Waals surface area contributed by atoms with Crippen LogP contribution in [0.25, 0.3) is 5.65 Å². The second-order valence-electron chi connectivity index (χ2n) is 4.53. The van der Waals surface area contributed by atoms with E-state index in [1.807, 2.05) is 24.4 Å². The molecule has 16 heavy (non-hydrogen) atoms. The van der Waals surface area contributed by atoms with Crippen molar-refractivity contribution in [1.29, 1.82) is 0 Å². The number of nitrogens with zero attached hydrogens (tertiary/aromatic N) is 4. The van der Waals surface area contributed by atoms with Gasteiger partial charge in [0.2, 0.25) is 0 Å². The number of hydrogen-bond acceptors (Lipinski definition) is 3. The van der Waals surface area contributed by atoms with Gasteiger partial charge in [0.15, 0.2) is 5.65 Å². The average Bonchev–Trinajstić information content (AvgIpc) is 2.88. The van der Waals surface area contributed by atoms with Crippen LogP contribution in [0.2, 0.25) is 0 Å². The van der Waals surface area contributed by atoms with Gasteiger partial charge in [0.05, 0.1) is 0 Å². The number of fused-ring (bicyclic) bond motifs is 1. The van der Waals surface area contributed by atoms with E-state index < -0.39 is 0 Å². The zero-order chi connectivity index (χ0) is 11.0. The molecule has 84 valence electrons. The lowest BCUT2D eigenvalue weighted by Crippen LogP contribution is -2.27. The number of likely N-dealkylation sites (N-methyl/N-ethyl adjacent to an activating group) is 1. The van der Waals surface area contributed by atoms with E-state index in [1.165, 1.54) is 19.4 Å². The molecule has 0 spiro atoms. The molecule has 2 aromatic heterocycles. The van der Waals surface area contributed by atoms with E-state index in [0.29, 0.717) is 6.04 Å². The Hall–Kier alpha value is -1.42. The topological polar surface area (TPSA) is 33.4 Å². The maximum atomic E-state index is 4.28. The molecule has 0 amide bonds. The Balaban J connectivity index is 1.89. The van der Waals surface area contributed by atoms with Crippen LogP contribution in [-0.2, 0) is 6.42 Å². The highest BCUT2D eigenvalue weighted by molar-refractivity contribution is 5.37. The summed E-state index contributed by atoms with van der Waals surface area (Å²) in [7, 11) is 2.20. The Morgan fingerprint density at radius 1 is 1.38 bits per heavy atom. The van der Waals surface area contributed by atoms with Crippen LogP contribution in [0.3, 0.4) is 0 Å². The minimum Gasteiger partial charge on any atom is -0.303 e. The van der Waals surface area contributed by atoms with Crippen molar-refractivity contribution in [1.82, 2.24) is 19.5 Å². The highest BCUT2D eigenvalue weighted by Gasteiger charge is 2.22. The Kier molecular flexibility index (Phi) is 2.36. The molecule has 1 aliphatic heterocycles. The first kappa shape index (κ1) is 9.78. The molecule has 1 fully saturated rings. The molecule has 2 aromatic rings. The highest BCUT2D eigenvalue weighted by atomic mass is 15.3. The van der Waals surface area contributed by atoms with Gasteiger partial charge in [-0.2, -0.15) is 0 Å². The van der Waals surface area contributed by atoms with Crippen molar-refractivity contribution in [2.45, 2.75) is 25.3 Å². The predicted octanol–water partition coefficient (Wildman–Crippen LogP) is 1.37. The van der Waals surface area contributed by atoms with Gasteiger partial charge in [-0.15, -0.1) is 10.2 Å². The van der Waals surface area contributed by atoms with E-state index >= 15 is 0 Å². The molecule has 1 unspecified atom stereocenters. The quantitative estimate of drug-likeness (QED) is 0.760. The Morgan fingerprint density at radius 3 is 3.12 bits per heavy atom. The predicted molar refractivity (Wildman–Crippen MR) is 62.3 cm³/mol. The summed E-state index contributed by atoms with van der Waals surface area (Å²) >= 11 is 0. The van der Waals surface area contributed by atoms with Crippen LogP contribution in [0.4, 0.5) is 0 Å². The van der Waals surface area contributed by atoms with E-state index in [4.69, 9.17) is 0 Å². The van der Waals surface area contributed by atoms with Crippen molar-refractivity contribution in [3.63, 3.8) is 0 Å². The van der Waals surface area contributed by atoms with Crippen molar-refractivity contribution in [2.75, 3.05) is 13.6 Å². The molecule has 1 saturated heterocycles. The van der Waals surface area contributed by atoms with Gasteiger partial charge in [0.25, 0.3) is 0 Å². The van der Waals surface area contributed by atoms with Gasteiger partial charge in [-0.05, 0) is 38.6 Å². The van der Waals surface area contributed by atoms with Crippen molar-refractivity contribution in [3.05, 3.63) is 30.2 Å². The molecule has 1 atom stereocenters. The van der Waals surface area contributed by atoms with E-state index in [1.54, 1.807) is 0 Å². The number of pyridine rings is 1. The average molecular weight is 216 g/mol. The van der Waals surface area contributed by atoms with Crippen LogP contribution < -0.4 is 0 Å². The lowest BCUT2D eigenvalue weighted by Gasteiger charge is -2.17. The van der Waals surface area contributed by atoms with Crippen molar-refractivity contribution in [3.8, 4) is 0 Å². The highest BCUT2D eigenvalue weighted by Crippen LogP contribution is 2.18. The lowest BCUT2D eigenvalue weighted by atomic mass is 10.1. The van der Waals surface area contributed by atoms with Crippen LogP contribution >= 0.6 is 0 Å². The summed E-state index contributed by atoms with van der Waals surface area (Å²) in [6, 6.07) is 6.65. The summed E-state index contributed by atoms with van der Waals surface area (Å²) in [6.07, 6.45) is 5.62. The zero-order valence-electron chi connectivity index (χ0n) is 9.50. The molecular formula is C12H16N4. The Morgan fingerprint density at radius 2 is 2.31 bits per heavy atom. The fraction of sp³-hybridized carbons (Fsp3) is 0.500. The molecule has 4 nitrogen and oxygen atoms in total. The molecule has 0 aromatic carbocycles. The third-order valence-electron chi connectivity index (χ3n) is 3.47. The van der Waals surface area contributed by atoms with Crippen LogP contribution in [0, 0.1) is 0 Å². The monoisotopic (exact) mass is 216 g/mol. The van der Waals surface area contributed by atoms with Gasteiger partial charge in [-0.3, -0.25) is 4.40 Å². The summed E-state index contributed by atoms with van der Waals surface area (Å²) in [5, 5.41) is 8.46. The van der Waals surface area contributed by atoms with E-state index in [2.05, 4.69) is 26.5 Å². The fourth-order valence-electron chi connectivity index (χ4n) is 2.48. The van der Waals surface area contributed by atoms with Gasteiger partial charge < -0.3 is 4.90 Å². The van der Waals surface area contributed by atoms with Gasteiger partial charge in [-0.1, -0.05) is 6.07 Å². The Labute approximate surface area is 94.9 Å². The summed E-state index contributed by atoms with van der Waals surface area (Å²) in [4.78, 5) is 2.42. The largest absolute Gasteiger partial charge is 0.303 e. The maximum absolute atomic E-state index is 4.28. The number of aromatic nitrogens is 3. The molecule has 3 rings (SSSR count). The smallest absolute Gasteiger partial charge is 0.160 e. The third-order valence-corrected chi connectivity index (χ3v) is 3.47. The molecule has 0 radical (unpaired) electrons. The molecular weight excluding hydrogens is 200 g/mol. The van der Waals surface area contributed by atoms with Crippen molar-refractivity contribution >= 4 is 5.65 Å². The first-order chi connectivity index (χ1) is 7.84. The van der Waals surface area contributed by atoms with Crippen molar-refractivity contribution < 1.29 is 0 Å². The van der Waals surface area contributed by atoms with Crippen LogP contribution in [0.5, 0.6) is 0 Å². The summed E-state index contributed by atoms with van der Waals surface area (Å²) in [5.41, 5.74) is 0.943. The molecule has 0 saturated carbocycles. The summed E-state index contributed by atoms with van der Waals surface area (Å²) in [5.74, 6) is 1.08. The standard InChI is InChI=1S/C12H16N4/c1-15-7-4-5-10(15)9-12-14-13-11-6-2-3-8-16(11)12/h2-3,6,8,10H,4-5,7,9H2,1H3. The first-order valence-electron chi connectivity index (χ1n) is 5.83.